The number of aromatic nitrogens is 6. The molecule has 7 nitrogen and oxygen atoms in total. The van der Waals surface area contributed by atoms with Crippen LogP contribution in [-0.2, 0) is 13.5 Å². The van der Waals surface area contributed by atoms with Crippen LogP contribution in [0.25, 0.3) is 16.9 Å². The molecule has 0 radical (unpaired) electrons. The Morgan fingerprint density at radius 2 is 2.12 bits per heavy atom. The second kappa shape index (κ2) is 6.29. The Morgan fingerprint density at radius 3 is 2.80 bits per heavy atom. The number of hydrogen-bond acceptors (Lipinski definition) is 6. The summed E-state index contributed by atoms with van der Waals surface area (Å²) in [7, 11) is 1.91. The van der Waals surface area contributed by atoms with Crippen LogP contribution in [-0.4, -0.2) is 28.5 Å². The van der Waals surface area contributed by atoms with E-state index in [1.807, 2.05) is 38.6 Å². The average Bonchev–Trinajstić information content (AvgIpc) is 3.28. The SMILES string of the molecule is CCCc1cn2c(-c3cnn(C)c3)cnc2c(Nc2cc(C)ns2)n1. The van der Waals surface area contributed by atoms with Crippen LogP contribution in [0, 0.1) is 6.92 Å². The zero-order chi connectivity index (χ0) is 17.4. The monoisotopic (exact) mass is 353 g/mol. The molecule has 0 fully saturated rings. The van der Waals surface area contributed by atoms with E-state index in [9.17, 15) is 0 Å². The molecule has 0 aliphatic rings. The van der Waals surface area contributed by atoms with Crippen LogP contribution >= 0.6 is 11.5 Å². The maximum absolute atomic E-state index is 4.77. The van der Waals surface area contributed by atoms with Gasteiger partial charge in [-0.05, 0) is 30.9 Å². The lowest BCUT2D eigenvalue weighted by Crippen LogP contribution is -2.02. The first-order valence-corrected chi connectivity index (χ1v) is 8.97. The van der Waals surface area contributed by atoms with Crippen molar-refractivity contribution in [2.75, 3.05) is 5.32 Å². The molecule has 4 rings (SSSR count). The molecule has 4 aromatic heterocycles. The zero-order valence-electron chi connectivity index (χ0n) is 14.4. The topological polar surface area (TPSA) is 72.9 Å². The number of nitrogens with zero attached hydrogens (tertiary/aromatic N) is 6. The molecule has 0 saturated heterocycles. The van der Waals surface area contributed by atoms with Gasteiger partial charge in [-0.1, -0.05) is 13.3 Å². The van der Waals surface area contributed by atoms with Crippen LogP contribution < -0.4 is 5.32 Å². The second-order valence-corrected chi connectivity index (χ2v) is 6.83. The number of nitrogens with one attached hydrogen (secondary N) is 1. The van der Waals surface area contributed by atoms with Crippen molar-refractivity contribution in [2.45, 2.75) is 26.7 Å². The number of aryl methyl sites for hydroxylation is 3. The van der Waals surface area contributed by atoms with Crippen LogP contribution in [0.1, 0.15) is 24.7 Å². The van der Waals surface area contributed by atoms with Gasteiger partial charge in [0, 0.05) is 25.0 Å². The third-order valence-electron chi connectivity index (χ3n) is 3.92. The molecule has 4 aromatic rings. The maximum atomic E-state index is 4.77. The van der Waals surface area contributed by atoms with Gasteiger partial charge in [0.2, 0.25) is 0 Å². The summed E-state index contributed by atoms with van der Waals surface area (Å²) < 4.78 is 8.20. The summed E-state index contributed by atoms with van der Waals surface area (Å²) in [6.07, 6.45) is 9.72. The smallest absolute Gasteiger partial charge is 0.180 e. The highest BCUT2D eigenvalue weighted by Gasteiger charge is 2.14. The van der Waals surface area contributed by atoms with Gasteiger partial charge in [-0.25, -0.2) is 9.97 Å². The Bertz CT molecular complexity index is 1030. The van der Waals surface area contributed by atoms with Gasteiger partial charge >= 0.3 is 0 Å². The Hall–Kier alpha value is -2.74. The molecular formula is C17H19N7S. The summed E-state index contributed by atoms with van der Waals surface area (Å²) in [5.74, 6) is 0.754. The molecule has 0 unspecified atom stereocenters. The predicted octanol–water partition coefficient (Wildman–Crippen LogP) is 3.59. The third-order valence-corrected chi connectivity index (χ3v) is 4.71. The molecule has 0 bridgehead atoms. The van der Waals surface area contributed by atoms with Crippen molar-refractivity contribution in [1.82, 2.24) is 28.5 Å². The third kappa shape index (κ3) is 3.00. The van der Waals surface area contributed by atoms with Crippen molar-refractivity contribution in [2.24, 2.45) is 7.05 Å². The Morgan fingerprint density at radius 1 is 1.24 bits per heavy atom. The van der Waals surface area contributed by atoms with Crippen LogP contribution in [0.4, 0.5) is 10.8 Å². The number of anilines is 2. The summed E-state index contributed by atoms with van der Waals surface area (Å²) >= 11 is 1.43. The van der Waals surface area contributed by atoms with E-state index in [-0.39, 0.29) is 0 Å². The highest BCUT2D eigenvalue weighted by atomic mass is 32.1. The van der Waals surface area contributed by atoms with E-state index in [1.54, 1.807) is 4.68 Å². The molecule has 128 valence electrons. The van der Waals surface area contributed by atoms with Gasteiger partial charge in [-0.15, -0.1) is 0 Å². The molecule has 0 aromatic carbocycles. The number of hydrogen-bond donors (Lipinski definition) is 1. The zero-order valence-corrected chi connectivity index (χ0v) is 15.2. The Balaban J connectivity index is 1.85. The highest BCUT2D eigenvalue weighted by Crippen LogP contribution is 2.27. The fraction of sp³-hybridized carbons (Fsp3) is 0.294. The minimum Gasteiger partial charge on any atom is -0.328 e. The summed E-state index contributed by atoms with van der Waals surface area (Å²) in [4.78, 5) is 9.36. The van der Waals surface area contributed by atoms with Crippen molar-refractivity contribution in [3.05, 3.63) is 42.2 Å². The van der Waals surface area contributed by atoms with E-state index in [1.165, 1.54) is 11.5 Å². The first-order valence-electron chi connectivity index (χ1n) is 8.20. The van der Waals surface area contributed by atoms with Crippen molar-refractivity contribution >= 4 is 28.0 Å². The average molecular weight is 353 g/mol. The molecular weight excluding hydrogens is 334 g/mol. The lowest BCUT2D eigenvalue weighted by atomic mass is 10.2. The minimum absolute atomic E-state index is 0.754. The first-order chi connectivity index (χ1) is 12.1. The molecule has 0 amide bonds. The Kier molecular flexibility index (Phi) is 3.96. The van der Waals surface area contributed by atoms with E-state index in [0.29, 0.717) is 0 Å². The van der Waals surface area contributed by atoms with E-state index in [2.05, 4.69) is 37.3 Å². The summed E-state index contributed by atoms with van der Waals surface area (Å²) in [6, 6.07) is 2.01. The molecule has 1 N–H and O–H groups in total. The second-order valence-electron chi connectivity index (χ2n) is 6.03. The predicted molar refractivity (Wildman–Crippen MR) is 99.3 cm³/mol. The molecule has 0 spiro atoms. The fourth-order valence-corrected chi connectivity index (χ4v) is 3.47. The minimum atomic E-state index is 0.754. The molecule has 0 saturated carbocycles. The van der Waals surface area contributed by atoms with Crippen LogP contribution in [0.2, 0.25) is 0 Å². The standard InChI is InChI=1S/C17H19N7S/c1-4-5-13-10-24-14(12-7-19-23(3)9-12)8-18-17(24)16(20-13)21-15-6-11(2)22-25-15/h6-10H,4-5H2,1-3H3,(H,20,21). The molecule has 0 atom stereocenters. The quantitative estimate of drug-likeness (QED) is 0.593. The van der Waals surface area contributed by atoms with Crippen molar-refractivity contribution in [3.8, 4) is 11.3 Å². The lowest BCUT2D eigenvalue weighted by molar-refractivity contribution is 0.768. The normalized spacial score (nSPS) is 11.3. The van der Waals surface area contributed by atoms with E-state index in [0.717, 1.165) is 52.0 Å². The number of rotatable bonds is 5. The van der Waals surface area contributed by atoms with Crippen molar-refractivity contribution in [1.29, 1.82) is 0 Å². The van der Waals surface area contributed by atoms with Crippen molar-refractivity contribution in [3.63, 3.8) is 0 Å². The molecule has 0 aliphatic heterocycles. The van der Waals surface area contributed by atoms with Gasteiger partial charge in [0.25, 0.3) is 0 Å². The van der Waals surface area contributed by atoms with Crippen LogP contribution in [0.3, 0.4) is 0 Å². The van der Waals surface area contributed by atoms with Gasteiger partial charge in [-0.3, -0.25) is 9.08 Å². The van der Waals surface area contributed by atoms with Gasteiger partial charge < -0.3 is 5.32 Å². The van der Waals surface area contributed by atoms with E-state index in [4.69, 9.17) is 4.98 Å². The summed E-state index contributed by atoms with van der Waals surface area (Å²) in [5, 5.41) is 8.61. The lowest BCUT2D eigenvalue weighted by Gasteiger charge is -2.09. The number of imidazole rings is 1. The van der Waals surface area contributed by atoms with E-state index < -0.39 is 0 Å². The van der Waals surface area contributed by atoms with Gasteiger partial charge in [0.05, 0.1) is 29.5 Å². The molecule has 4 heterocycles. The largest absolute Gasteiger partial charge is 0.328 e. The fourth-order valence-electron chi connectivity index (χ4n) is 2.80. The van der Waals surface area contributed by atoms with Crippen molar-refractivity contribution < 1.29 is 0 Å². The highest BCUT2D eigenvalue weighted by molar-refractivity contribution is 7.10. The van der Waals surface area contributed by atoms with Crippen LogP contribution in [0.5, 0.6) is 0 Å². The van der Waals surface area contributed by atoms with Gasteiger partial charge in [0.15, 0.2) is 11.5 Å². The van der Waals surface area contributed by atoms with Gasteiger partial charge in [0.1, 0.15) is 5.00 Å². The molecule has 25 heavy (non-hydrogen) atoms. The first kappa shape index (κ1) is 15.8. The maximum Gasteiger partial charge on any atom is 0.180 e. The van der Waals surface area contributed by atoms with E-state index >= 15 is 0 Å². The van der Waals surface area contributed by atoms with Crippen LogP contribution in [0.15, 0.2) is 30.9 Å². The Labute approximate surface area is 149 Å². The molecule has 0 aliphatic carbocycles. The summed E-state index contributed by atoms with van der Waals surface area (Å²) in [6.45, 7) is 4.13. The number of fused-ring (bicyclic) bond motifs is 1. The molecule has 8 heteroatoms. The van der Waals surface area contributed by atoms with Gasteiger partial charge in [-0.2, -0.15) is 9.47 Å². The summed E-state index contributed by atoms with van der Waals surface area (Å²) in [5.41, 5.74) is 4.86.